The molecule has 1 saturated heterocycles. The van der Waals surface area contributed by atoms with Crippen LogP contribution in [0.1, 0.15) is 29.3 Å². The van der Waals surface area contributed by atoms with Crippen molar-refractivity contribution in [3.8, 4) is 11.5 Å². The van der Waals surface area contributed by atoms with Crippen LogP contribution in [0.3, 0.4) is 0 Å². The topological polar surface area (TPSA) is 25.4 Å². The highest BCUT2D eigenvalue weighted by molar-refractivity contribution is 7.18. The van der Waals surface area contributed by atoms with Crippen LogP contribution in [0.4, 0.5) is 0 Å². The summed E-state index contributed by atoms with van der Waals surface area (Å²) in [5, 5.41) is 1.31. The van der Waals surface area contributed by atoms with Crippen LogP contribution in [0.2, 0.25) is 0 Å². The number of nitrogens with zero attached hydrogens (tertiary/aromatic N) is 2. The minimum absolute atomic E-state index is 0.594. The van der Waals surface area contributed by atoms with Gasteiger partial charge in [-0.15, -0.1) is 11.3 Å². The Kier molecular flexibility index (Phi) is 5.29. The van der Waals surface area contributed by atoms with E-state index < -0.39 is 0 Å². The quantitative estimate of drug-likeness (QED) is 0.384. The Morgan fingerprint density at radius 3 is 2.45 bits per heavy atom. The molecule has 0 amide bonds. The summed E-state index contributed by atoms with van der Waals surface area (Å²) in [7, 11) is 0. The number of ether oxygens (including phenoxy) is 1. The highest BCUT2D eigenvalue weighted by Crippen LogP contribution is 2.34. The van der Waals surface area contributed by atoms with Gasteiger partial charge in [0.15, 0.2) is 0 Å². The zero-order valence-electron chi connectivity index (χ0n) is 16.3. The van der Waals surface area contributed by atoms with E-state index in [-0.39, 0.29) is 0 Å². The van der Waals surface area contributed by atoms with Gasteiger partial charge in [-0.25, -0.2) is 4.98 Å². The molecular weight excluding hydrogens is 376 g/mol. The maximum Gasteiger partial charge on any atom is 0.127 e. The molecule has 0 atom stereocenters. The van der Waals surface area contributed by atoms with Gasteiger partial charge in [0.05, 0.1) is 15.2 Å². The third kappa shape index (κ3) is 4.34. The lowest BCUT2D eigenvalue weighted by atomic mass is 9.97. The number of fused-ring (bicyclic) bond motifs is 1. The van der Waals surface area contributed by atoms with Gasteiger partial charge < -0.3 is 4.74 Å². The van der Waals surface area contributed by atoms with Crippen LogP contribution < -0.4 is 4.74 Å². The lowest BCUT2D eigenvalue weighted by Gasteiger charge is -2.31. The summed E-state index contributed by atoms with van der Waals surface area (Å²) < 4.78 is 7.29. The number of likely N-dealkylation sites (tertiary alicyclic amines) is 1. The molecule has 0 radical (unpaired) electrons. The molecule has 0 saturated carbocycles. The van der Waals surface area contributed by atoms with Gasteiger partial charge in [-0.2, -0.15) is 0 Å². The van der Waals surface area contributed by atoms with E-state index in [1.165, 1.54) is 28.1 Å². The smallest absolute Gasteiger partial charge is 0.127 e. The van der Waals surface area contributed by atoms with E-state index in [9.17, 15) is 0 Å². The van der Waals surface area contributed by atoms with Gasteiger partial charge >= 0.3 is 0 Å². The zero-order chi connectivity index (χ0) is 19.5. The van der Waals surface area contributed by atoms with E-state index in [0.29, 0.717) is 5.92 Å². The predicted octanol–water partition coefficient (Wildman–Crippen LogP) is 6.47. The van der Waals surface area contributed by atoms with E-state index in [2.05, 4.69) is 47.4 Å². The molecule has 0 aliphatic carbocycles. The Labute approximate surface area is 175 Å². The normalized spacial score (nSPS) is 15.6. The third-order valence-corrected chi connectivity index (χ3v) is 6.73. The molecule has 2 heterocycles. The summed E-state index contributed by atoms with van der Waals surface area (Å²) in [6.45, 7) is 3.20. The van der Waals surface area contributed by atoms with Gasteiger partial charge in [0, 0.05) is 12.5 Å². The molecule has 4 aromatic rings. The van der Waals surface area contributed by atoms with Crippen molar-refractivity contribution in [1.82, 2.24) is 9.88 Å². The van der Waals surface area contributed by atoms with E-state index in [1.807, 2.05) is 47.7 Å². The number of hydrogen-bond acceptors (Lipinski definition) is 4. The molecule has 29 heavy (non-hydrogen) atoms. The molecule has 1 aliphatic rings. The fourth-order valence-corrected chi connectivity index (χ4v) is 5.13. The lowest BCUT2D eigenvalue weighted by molar-refractivity contribution is 0.204. The van der Waals surface area contributed by atoms with Gasteiger partial charge in [-0.3, -0.25) is 4.90 Å². The highest BCUT2D eigenvalue weighted by Gasteiger charge is 2.23. The van der Waals surface area contributed by atoms with E-state index in [4.69, 9.17) is 9.72 Å². The SMILES string of the molecule is c1ccc(Oc2cccc(CN3CCC(c4nc5ccccc5s4)CC3)c2)cc1. The zero-order valence-corrected chi connectivity index (χ0v) is 17.1. The molecule has 1 fully saturated rings. The minimum atomic E-state index is 0.594. The summed E-state index contributed by atoms with van der Waals surface area (Å²) >= 11 is 1.87. The first kappa shape index (κ1) is 18.3. The van der Waals surface area contributed by atoms with Gasteiger partial charge in [0.2, 0.25) is 0 Å². The molecule has 146 valence electrons. The minimum Gasteiger partial charge on any atom is -0.457 e. The van der Waals surface area contributed by atoms with Crippen LogP contribution in [-0.4, -0.2) is 23.0 Å². The van der Waals surface area contributed by atoms with Crippen LogP contribution in [0, 0.1) is 0 Å². The summed E-state index contributed by atoms with van der Waals surface area (Å²) in [5.41, 5.74) is 2.45. The van der Waals surface area contributed by atoms with Crippen LogP contribution in [0.5, 0.6) is 11.5 Å². The Morgan fingerprint density at radius 1 is 0.862 bits per heavy atom. The van der Waals surface area contributed by atoms with Gasteiger partial charge in [-0.05, 0) is 67.9 Å². The Hall–Kier alpha value is -2.69. The number of para-hydroxylation sites is 2. The Morgan fingerprint density at radius 2 is 1.62 bits per heavy atom. The average molecular weight is 401 g/mol. The molecule has 4 heteroatoms. The molecule has 0 bridgehead atoms. The predicted molar refractivity (Wildman–Crippen MR) is 120 cm³/mol. The summed E-state index contributed by atoms with van der Waals surface area (Å²) in [4.78, 5) is 7.43. The first-order valence-corrected chi connectivity index (χ1v) is 11.0. The van der Waals surface area contributed by atoms with Gasteiger partial charge in [0.25, 0.3) is 0 Å². The van der Waals surface area contributed by atoms with Crippen molar-refractivity contribution in [2.24, 2.45) is 0 Å². The van der Waals surface area contributed by atoms with Crippen LogP contribution in [0.25, 0.3) is 10.2 Å². The van der Waals surface area contributed by atoms with Crippen molar-refractivity contribution in [2.75, 3.05) is 13.1 Å². The second-order valence-corrected chi connectivity index (χ2v) is 8.69. The Bertz CT molecular complexity index is 1050. The van der Waals surface area contributed by atoms with Crippen molar-refractivity contribution in [3.05, 3.63) is 89.4 Å². The number of thiazole rings is 1. The fraction of sp³-hybridized carbons (Fsp3) is 0.240. The summed E-state index contributed by atoms with van der Waals surface area (Å²) in [6, 6.07) is 26.9. The molecule has 0 unspecified atom stereocenters. The van der Waals surface area contributed by atoms with Crippen molar-refractivity contribution >= 4 is 21.6 Å². The molecule has 0 N–H and O–H groups in total. The largest absolute Gasteiger partial charge is 0.457 e. The van der Waals surface area contributed by atoms with E-state index in [1.54, 1.807) is 0 Å². The first-order chi connectivity index (χ1) is 14.3. The molecule has 1 aromatic heterocycles. The van der Waals surface area contributed by atoms with Crippen LogP contribution >= 0.6 is 11.3 Å². The summed E-state index contributed by atoms with van der Waals surface area (Å²) in [5.74, 6) is 2.37. The second-order valence-electron chi connectivity index (χ2n) is 7.63. The van der Waals surface area contributed by atoms with Crippen LogP contribution in [0.15, 0.2) is 78.9 Å². The number of aromatic nitrogens is 1. The number of benzene rings is 3. The molecular formula is C25H24N2OS. The third-order valence-electron chi connectivity index (χ3n) is 5.53. The Balaban J connectivity index is 1.20. The lowest BCUT2D eigenvalue weighted by Crippen LogP contribution is -2.32. The number of piperidine rings is 1. The summed E-state index contributed by atoms with van der Waals surface area (Å²) in [6.07, 6.45) is 2.36. The van der Waals surface area contributed by atoms with E-state index in [0.717, 1.165) is 36.6 Å². The maximum absolute atomic E-state index is 5.99. The number of rotatable bonds is 5. The molecule has 3 nitrogen and oxygen atoms in total. The molecule has 3 aromatic carbocycles. The van der Waals surface area contributed by atoms with Crippen molar-refractivity contribution < 1.29 is 4.74 Å². The second kappa shape index (κ2) is 8.36. The standard InChI is InChI=1S/C25H24N2OS/c1-2-8-21(9-3-1)28-22-10-6-7-19(17-22)18-27-15-13-20(14-16-27)25-26-23-11-4-5-12-24(23)29-25/h1-12,17,20H,13-16,18H2. The van der Waals surface area contributed by atoms with Crippen molar-refractivity contribution in [3.63, 3.8) is 0 Å². The molecule has 5 rings (SSSR count). The maximum atomic E-state index is 5.99. The van der Waals surface area contributed by atoms with Crippen molar-refractivity contribution in [1.29, 1.82) is 0 Å². The number of hydrogen-bond donors (Lipinski definition) is 0. The van der Waals surface area contributed by atoms with Crippen LogP contribution in [-0.2, 0) is 6.54 Å². The van der Waals surface area contributed by atoms with Gasteiger partial charge in [0.1, 0.15) is 11.5 Å². The van der Waals surface area contributed by atoms with E-state index >= 15 is 0 Å². The molecule has 0 spiro atoms. The highest BCUT2D eigenvalue weighted by atomic mass is 32.1. The first-order valence-electron chi connectivity index (χ1n) is 10.2. The average Bonchev–Trinajstić information content (AvgIpc) is 3.20. The van der Waals surface area contributed by atoms with Crippen molar-refractivity contribution in [2.45, 2.75) is 25.3 Å². The van der Waals surface area contributed by atoms with Gasteiger partial charge in [-0.1, -0.05) is 42.5 Å². The monoisotopic (exact) mass is 400 g/mol. The fourth-order valence-electron chi connectivity index (χ4n) is 3.99. The molecule has 1 aliphatic heterocycles.